The molecule has 2 atom stereocenters. The second-order valence-corrected chi connectivity index (χ2v) is 19.4. The van der Waals surface area contributed by atoms with E-state index in [0.29, 0.717) is 0 Å². The van der Waals surface area contributed by atoms with E-state index in [0.717, 1.165) is 0 Å². The molecule has 0 saturated heterocycles. The van der Waals surface area contributed by atoms with Crippen LogP contribution in [0.5, 0.6) is 0 Å². The Kier molecular flexibility index (Phi) is 5.02. The molecule has 0 aromatic heterocycles. The molecule has 84 valence electrons. The molecule has 0 spiro atoms. The van der Waals surface area contributed by atoms with Gasteiger partial charge in [0.15, 0.2) is 0 Å². The third-order valence-corrected chi connectivity index (χ3v) is 17.5. The van der Waals surface area contributed by atoms with Gasteiger partial charge in [-0.25, -0.2) is 0 Å². The van der Waals surface area contributed by atoms with Crippen LogP contribution in [0.1, 0.15) is 6.92 Å². The second kappa shape index (κ2) is 5.82. The van der Waals surface area contributed by atoms with E-state index < -0.39 is 25.4 Å². The Balaban J connectivity index is 2.79. The molecule has 1 rings (SSSR count). The Morgan fingerprint density at radius 1 is 0.867 bits per heavy atom. The van der Waals surface area contributed by atoms with Crippen LogP contribution in [-0.2, 0) is 0 Å². The summed E-state index contributed by atoms with van der Waals surface area (Å²) in [5, 5.41) is 3.32. The molecular formula is C12H24Si3. The van der Waals surface area contributed by atoms with Crippen LogP contribution in [0.2, 0.25) is 32.2 Å². The van der Waals surface area contributed by atoms with Crippen molar-refractivity contribution in [2.75, 3.05) is 0 Å². The summed E-state index contributed by atoms with van der Waals surface area (Å²) in [5.41, 5.74) is 0. The summed E-state index contributed by atoms with van der Waals surface area (Å²) in [5.74, 6) is 0. The van der Waals surface area contributed by atoms with Gasteiger partial charge in [-0.15, -0.1) is 0 Å². The van der Waals surface area contributed by atoms with Gasteiger partial charge in [-0.2, -0.15) is 0 Å². The average Bonchev–Trinajstić information content (AvgIpc) is 2.27. The minimum Gasteiger partial charge on any atom is -0.0738 e. The van der Waals surface area contributed by atoms with E-state index in [9.17, 15) is 0 Å². The predicted octanol–water partition coefficient (Wildman–Crippen LogP) is 1.40. The lowest BCUT2D eigenvalue weighted by Gasteiger charge is -2.16. The van der Waals surface area contributed by atoms with Gasteiger partial charge in [0, 0.05) is 8.31 Å². The Morgan fingerprint density at radius 2 is 1.33 bits per heavy atom. The summed E-state index contributed by atoms with van der Waals surface area (Å²) < 4.78 is 0. The van der Waals surface area contributed by atoms with Crippen LogP contribution in [0.25, 0.3) is 0 Å². The quantitative estimate of drug-likeness (QED) is 0.711. The summed E-state index contributed by atoms with van der Waals surface area (Å²) in [7, 11) is -1.53. The van der Waals surface area contributed by atoms with E-state index in [2.05, 4.69) is 57.4 Å². The monoisotopic (exact) mass is 252 g/mol. The van der Waals surface area contributed by atoms with Gasteiger partial charge in [0.1, 0.15) is 0 Å². The van der Waals surface area contributed by atoms with E-state index in [4.69, 9.17) is 0 Å². The predicted molar refractivity (Wildman–Crippen MR) is 81.1 cm³/mol. The summed E-state index contributed by atoms with van der Waals surface area (Å²) in [6.07, 6.45) is 0. The van der Waals surface area contributed by atoms with E-state index in [1.165, 1.54) is 6.04 Å². The Hall–Kier alpha value is -0.129. The van der Waals surface area contributed by atoms with Crippen molar-refractivity contribution in [3.8, 4) is 0 Å². The molecule has 0 heterocycles. The normalized spacial score (nSPS) is 15.3. The number of hydrogen-bond acceptors (Lipinski definition) is 0. The van der Waals surface area contributed by atoms with Crippen LogP contribution in [0, 0.1) is 0 Å². The van der Waals surface area contributed by atoms with Gasteiger partial charge in [0.25, 0.3) is 0 Å². The van der Waals surface area contributed by atoms with Crippen LogP contribution < -0.4 is 10.4 Å². The highest BCUT2D eigenvalue weighted by atomic mass is 29.2. The maximum atomic E-state index is 2.54. The molecule has 0 aliphatic carbocycles. The first-order valence-corrected chi connectivity index (χ1v) is 15.4. The lowest BCUT2D eigenvalue weighted by molar-refractivity contribution is 1.44. The summed E-state index contributed by atoms with van der Waals surface area (Å²) in [6.45, 7) is 12.3. The van der Waals surface area contributed by atoms with Crippen molar-refractivity contribution in [3.05, 3.63) is 24.3 Å². The zero-order valence-electron chi connectivity index (χ0n) is 10.7. The highest BCUT2D eigenvalue weighted by Gasteiger charge is 2.15. The molecule has 15 heavy (non-hydrogen) atoms. The fraction of sp³-hybridized carbons (Fsp3) is 0.500. The molecule has 0 bridgehead atoms. The number of benzene rings is 1. The maximum Gasteiger partial charge on any atom is 0.0647 e. The zero-order valence-corrected chi connectivity index (χ0v) is 14.2. The van der Waals surface area contributed by atoms with Crippen molar-refractivity contribution in [2.24, 2.45) is 0 Å². The van der Waals surface area contributed by atoms with Crippen molar-refractivity contribution in [2.45, 2.75) is 39.2 Å². The van der Waals surface area contributed by atoms with Crippen LogP contribution in [0.3, 0.4) is 0 Å². The van der Waals surface area contributed by atoms with E-state index in [1.807, 2.05) is 0 Å². The van der Waals surface area contributed by atoms with E-state index >= 15 is 0 Å². The van der Waals surface area contributed by atoms with Crippen molar-refractivity contribution in [1.29, 1.82) is 0 Å². The fourth-order valence-electron chi connectivity index (χ4n) is 1.87. The molecule has 0 nitrogen and oxygen atoms in total. The highest BCUT2D eigenvalue weighted by molar-refractivity contribution is 7.27. The lowest BCUT2D eigenvalue weighted by atomic mass is 10.4. The second-order valence-electron chi connectivity index (χ2n) is 5.00. The molecule has 3 heteroatoms. The van der Waals surface area contributed by atoms with Crippen LogP contribution in [0.4, 0.5) is 0 Å². The third-order valence-electron chi connectivity index (χ3n) is 3.63. The smallest absolute Gasteiger partial charge is 0.0647 e. The number of rotatable bonds is 4. The van der Waals surface area contributed by atoms with Crippen LogP contribution >= 0.6 is 0 Å². The molecule has 0 fully saturated rings. The summed E-state index contributed by atoms with van der Waals surface area (Å²) in [6, 6.07) is 11.1. The third kappa shape index (κ3) is 3.43. The molecule has 0 aliphatic heterocycles. The largest absolute Gasteiger partial charge is 0.0738 e. The average molecular weight is 253 g/mol. The number of hydrogen-bond donors (Lipinski definition) is 0. The minimum absolute atomic E-state index is 0.392. The van der Waals surface area contributed by atoms with Crippen LogP contribution in [0.15, 0.2) is 24.3 Å². The molecule has 0 amide bonds. The molecule has 1 aromatic carbocycles. The lowest BCUT2D eigenvalue weighted by Crippen LogP contribution is -2.41. The molecule has 0 N–H and O–H groups in total. The maximum absolute atomic E-state index is 2.54. The molecule has 0 saturated carbocycles. The highest BCUT2D eigenvalue weighted by Crippen LogP contribution is 1.98. The van der Waals surface area contributed by atoms with Gasteiger partial charge < -0.3 is 0 Å². The summed E-state index contributed by atoms with van der Waals surface area (Å²) in [4.78, 5) is 0. The van der Waals surface area contributed by atoms with Crippen molar-refractivity contribution in [3.63, 3.8) is 0 Å². The Morgan fingerprint density at radius 3 is 1.73 bits per heavy atom. The zero-order chi connectivity index (χ0) is 11.4. The molecule has 0 aliphatic rings. The molecule has 1 aromatic rings. The van der Waals surface area contributed by atoms with Gasteiger partial charge in [-0.05, 0) is 0 Å². The van der Waals surface area contributed by atoms with Gasteiger partial charge in [0.2, 0.25) is 0 Å². The first kappa shape index (κ1) is 12.9. The van der Waals surface area contributed by atoms with Gasteiger partial charge in [0.05, 0.1) is 17.1 Å². The first-order chi connectivity index (χ1) is 7.06. The van der Waals surface area contributed by atoms with E-state index in [1.54, 1.807) is 10.4 Å². The minimum atomic E-state index is -0.586. The van der Waals surface area contributed by atoms with E-state index in [-0.39, 0.29) is 0 Å². The fourth-order valence-corrected chi connectivity index (χ4v) is 9.75. The van der Waals surface area contributed by atoms with Gasteiger partial charge in [-0.3, -0.25) is 0 Å². The molecule has 0 radical (unpaired) electrons. The van der Waals surface area contributed by atoms with Gasteiger partial charge >= 0.3 is 0 Å². The topological polar surface area (TPSA) is 0 Å². The summed E-state index contributed by atoms with van der Waals surface area (Å²) >= 11 is 0. The standard InChI is InChI=1S/C12H24Si3/c1-6-14(4)15(5)12-9-7-11(8-10-12)13(2)3/h7-10,13-15H,6H2,1-5H3. The first-order valence-electron chi connectivity index (χ1n) is 6.16. The molecular weight excluding hydrogens is 228 g/mol. The van der Waals surface area contributed by atoms with Gasteiger partial charge in [-0.1, -0.05) is 73.8 Å². The SMILES string of the molecule is CC[SiH](C)[SiH](C)c1ccc([SiH](C)C)cc1. The van der Waals surface area contributed by atoms with Crippen molar-refractivity contribution in [1.82, 2.24) is 0 Å². The molecule has 2 unspecified atom stereocenters. The van der Waals surface area contributed by atoms with Crippen molar-refractivity contribution >= 4 is 35.8 Å². The van der Waals surface area contributed by atoms with Crippen LogP contribution in [-0.4, -0.2) is 25.4 Å². The Labute approximate surface area is 99.3 Å². The van der Waals surface area contributed by atoms with Crippen molar-refractivity contribution < 1.29 is 0 Å². The Bertz CT molecular complexity index is 292.